The molecule has 2 atom stereocenters. The number of nitrogens with one attached hydrogen (secondary N) is 3. The van der Waals surface area contributed by atoms with Gasteiger partial charge < -0.3 is 46.2 Å². The van der Waals surface area contributed by atoms with Crippen LogP contribution in [0.4, 0.5) is 5.69 Å². The highest BCUT2D eigenvalue weighted by atomic mass is 16.4. The fourth-order valence-electron chi connectivity index (χ4n) is 6.25. The maximum Gasteiger partial charge on any atom is 0.475 e. The Labute approximate surface area is 313 Å². The highest BCUT2D eigenvalue weighted by Gasteiger charge is 2.38. The second-order valence-corrected chi connectivity index (χ2v) is 13.4. The molecule has 4 amide bonds. The average molecular weight is 763 g/mol. The van der Waals surface area contributed by atoms with Gasteiger partial charge in [-0.2, -0.15) is 0 Å². The Bertz CT molecular complexity index is 1440. The van der Waals surface area contributed by atoms with Gasteiger partial charge in [-0.05, 0) is 44.0 Å². The second-order valence-electron chi connectivity index (χ2n) is 13.4. The van der Waals surface area contributed by atoms with Crippen molar-refractivity contribution in [3.8, 4) is 0 Å². The highest BCUT2D eigenvalue weighted by molar-refractivity contribution is 6.43. The van der Waals surface area contributed by atoms with Crippen molar-refractivity contribution in [3.05, 3.63) is 29.8 Å². The zero-order valence-corrected chi connectivity index (χ0v) is 30.4. The number of carboxylic acids is 3. The number of hydrogen-bond donors (Lipinski definition) is 8. The molecule has 2 heterocycles. The monoisotopic (exact) mass is 762 g/mol. The van der Waals surface area contributed by atoms with Crippen molar-refractivity contribution in [3.63, 3.8) is 0 Å². The fourth-order valence-corrected chi connectivity index (χ4v) is 6.25. The first-order valence-electron chi connectivity index (χ1n) is 17.8. The Morgan fingerprint density at radius 2 is 1.17 bits per heavy atom. The van der Waals surface area contributed by atoms with E-state index in [9.17, 15) is 58.9 Å². The van der Waals surface area contributed by atoms with Crippen LogP contribution in [-0.4, -0.2) is 202 Å². The molecule has 298 valence electrons. The van der Waals surface area contributed by atoms with E-state index in [2.05, 4.69) is 16.0 Å². The number of carboxylic acid groups (broad SMARTS) is 3. The van der Waals surface area contributed by atoms with Crippen LogP contribution >= 0.6 is 0 Å². The molecule has 2 saturated heterocycles. The van der Waals surface area contributed by atoms with Gasteiger partial charge in [-0.3, -0.25) is 53.2 Å². The van der Waals surface area contributed by atoms with E-state index in [1.165, 1.54) is 36.1 Å². The lowest BCUT2D eigenvalue weighted by atomic mass is 9.78. The lowest BCUT2D eigenvalue weighted by Gasteiger charge is -2.32. The Kier molecular flexibility index (Phi) is 17.7. The van der Waals surface area contributed by atoms with Gasteiger partial charge in [-0.25, -0.2) is 0 Å². The summed E-state index contributed by atoms with van der Waals surface area (Å²) in [5, 5.41) is 55.2. The lowest BCUT2D eigenvalue weighted by molar-refractivity contribution is -0.140. The molecule has 21 heteroatoms. The summed E-state index contributed by atoms with van der Waals surface area (Å²) in [7, 11) is -1.67. The molecule has 0 saturated carbocycles. The number of nitrogens with zero attached hydrogens (tertiary/aromatic N) is 5. The standard InChI is InChI=1S/C33H51BN8O12/c1-23(33(52)42-10-2-3-26(42)34(53)54)36-32(51)24-4-6-25(7-5-24)37-27(43)8-9-35-28(44)19-38-11-13-39(20-29(45)46)15-17-41(22-31(49)50)18-16-40(14-12-38)21-30(47)48/h4-7,23,26,53-54H,2-3,8-22H2,1H3,(H,35,44)(H,36,51)(H,37,43)(H,45,46)(H,47,48)(H,49,50)/t23-,26+/m1/s1. The Morgan fingerprint density at radius 3 is 1.61 bits per heavy atom. The summed E-state index contributed by atoms with van der Waals surface area (Å²) in [6, 6.07) is 5.06. The van der Waals surface area contributed by atoms with E-state index in [4.69, 9.17) is 0 Å². The van der Waals surface area contributed by atoms with Gasteiger partial charge >= 0.3 is 25.0 Å². The Morgan fingerprint density at radius 1 is 0.704 bits per heavy atom. The van der Waals surface area contributed by atoms with Gasteiger partial charge in [0.25, 0.3) is 5.91 Å². The number of amides is 4. The predicted octanol–water partition coefficient (Wildman–Crippen LogP) is -3.27. The van der Waals surface area contributed by atoms with E-state index in [0.717, 1.165) is 0 Å². The van der Waals surface area contributed by atoms with Crippen molar-refractivity contribution in [2.24, 2.45) is 0 Å². The molecular weight excluding hydrogens is 711 g/mol. The van der Waals surface area contributed by atoms with Crippen LogP contribution in [0.2, 0.25) is 0 Å². The molecule has 1 aromatic rings. The van der Waals surface area contributed by atoms with Crippen LogP contribution in [0.1, 0.15) is 36.5 Å². The molecule has 2 fully saturated rings. The summed E-state index contributed by atoms with van der Waals surface area (Å²) >= 11 is 0. The van der Waals surface area contributed by atoms with Gasteiger partial charge in [-0.15, -0.1) is 0 Å². The van der Waals surface area contributed by atoms with Crippen LogP contribution in [0, 0.1) is 0 Å². The normalized spacial score (nSPS) is 18.8. The van der Waals surface area contributed by atoms with Crippen LogP contribution in [0.3, 0.4) is 0 Å². The first-order chi connectivity index (χ1) is 25.6. The first-order valence-corrected chi connectivity index (χ1v) is 17.8. The third kappa shape index (κ3) is 15.4. The third-order valence-corrected chi connectivity index (χ3v) is 9.12. The van der Waals surface area contributed by atoms with E-state index in [0.29, 0.717) is 25.1 Å². The van der Waals surface area contributed by atoms with Gasteiger partial charge in [0.05, 0.1) is 32.1 Å². The van der Waals surface area contributed by atoms with Crippen LogP contribution in [0.15, 0.2) is 24.3 Å². The van der Waals surface area contributed by atoms with E-state index in [1.807, 2.05) is 0 Å². The molecule has 20 nitrogen and oxygen atoms in total. The van der Waals surface area contributed by atoms with Crippen molar-refractivity contribution in [2.45, 2.75) is 38.2 Å². The molecule has 0 unspecified atom stereocenters. The third-order valence-electron chi connectivity index (χ3n) is 9.12. The van der Waals surface area contributed by atoms with Crippen molar-refractivity contribution in [1.82, 2.24) is 35.1 Å². The molecule has 0 spiro atoms. The number of carbonyl (C=O) groups is 7. The molecule has 2 aliphatic rings. The SMILES string of the molecule is C[C@@H](NC(=O)c1ccc(NC(=O)CCNC(=O)CN2CCN(CC(=O)O)CCN(CC(=O)O)CCN(CC(=O)O)CC2)cc1)C(=O)N1CCC[C@H]1B(O)O. The largest absolute Gasteiger partial charge is 0.480 e. The second kappa shape index (κ2) is 21.9. The smallest absolute Gasteiger partial charge is 0.475 e. The average Bonchev–Trinajstić information content (AvgIpc) is 3.59. The number of anilines is 1. The Balaban J connectivity index is 1.48. The number of benzene rings is 1. The highest BCUT2D eigenvalue weighted by Crippen LogP contribution is 2.19. The molecule has 0 radical (unpaired) electrons. The number of hydrogen-bond acceptors (Lipinski definition) is 13. The van der Waals surface area contributed by atoms with Gasteiger partial charge in [0, 0.05) is 83.1 Å². The molecule has 3 rings (SSSR count). The van der Waals surface area contributed by atoms with Crippen molar-refractivity contribution in [1.29, 1.82) is 0 Å². The molecule has 8 N–H and O–H groups in total. The fraction of sp³-hybridized carbons (Fsp3) is 0.606. The van der Waals surface area contributed by atoms with E-state index >= 15 is 0 Å². The van der Waals surface area contributed by atoms with Gasteiger partial charge in [-0.1, -0.05) is 0 Å². The minimum absolute atomic E-state index is 0.00574. The molecule has 1 aromatic carbocycles. The van der Waals surface area contributed by atoms with Gasteiger partial charge in [0.1, 0.15) is 6.04 Å². The van der Waals surface area contributed by atoms with Crippen LogP contribution in [0.5, 0.6) is 0 Å². The number of rotatable bonds is 16. The van der Waals surface area contributed by atoms with Crippen LogP contribution < -0.4 is 16.0 Å². The van der Waals surface area contributed by atoms with E-state index in [1.54, 1.807) is 19.6 Å². The minimum Gasteiger partial charge on any atom is -0.480 e. The Hall–Kier alpha value is -4.67. The van der Waals surface area contributed by atoms with E-state index < -0.39 is 60.6 Å². The van der Waals surface area contributed by atoms with E-state index in [-0.39, 0.29) is 97.1 Å². The summed E-state index contributed by atoms with van der Waals surface area (Å²) in [5.41, 5.74) is 0.630. The van der Waals surface area contributed by atoms with Gasteiger partial charge in [0.15, 0.2) is 0 Å². The van der Waals surface area contributed by atoms with Crippen molar-refractivity contribution in [2.75, 3.05) is 96.9 Å². The van der Waals surface area contributed by atoms with Gasteiger partial charge in [0.2, 0.25) is 17.7 Å². The maximum atomic E-state index is 12.9. The number of likely N-dealkylation sites (tertiary alicyclic amines) is 1. The summed E-state index contributed by atoms with van der Waals surface area (Å²) < 4.78 is 0. The topological polar surface area (TPSA) is 273 Å². The molecular formula is C33H51BN8O12. The molecule has 0 aromatic heterocycles. The first kappa shape index (κ1) is 43.7. The molecule has 2 aliphatic heterocycles. The zero-order valence-electron chi connectivity index (χ0n) is 30.4. The molecule has 0 aliphatic carbocycles. The lowest BCUT2D eigenvalue weighted by Crippen LogP contribution is -2.52. The number of aliphatic carboxylic acids is 3. The van der Waals surface area contributed by atoms with Crippen LogP contribution in [-0.2, 0) is 28.8 Å². The maximum absolute atomic E-state index is 12.9. The van der Waals surface area contributed by atoms with Crippen LogP contribution in [0.25, 0.3) is 0 Å². The summed E-state index contributed by atoms with van der Waals surface area (Å²) in [6.45, 7) is 3.02. The number of carbonyl (C=O) groups excluding carboxylic acids is 4. The molecule has 54 heavy (non-hydrogen) atoms. The summed E-state index contributed by atoms with van der Waals surface area (Å²) in [5.74, 6) is -5.64. The predicted molar refractivity (Wildman–Crippen MR) is 193 cm³/mol. The zero-order chi connectivity index (χ0) is 39.8. The quantitative estimate of drug-likeness (QED) is 0.0768. The summed E-state index contributed by atoms with van der Waals surface area (Å²) in [6.07, 6.45) is 1.01. The summed E-state index contributed by atoms with van der Waals surface area (Å²) in [4.78, 5) is 93.4. The minimum atomic E-state index is -1.67. The van der Waals surface area contributed by atoms with Crippen molar-refractivity contribution >= 4 is 54.3 Å². The molecule has 0 bridgehead atoms. The van der Waals surface area contributed by atoms with Crippen molar-refractivity contribution < 1.29 is 58.9 Å².